The molecule has 40 heavy (non-hydrogen) atoms. The zero-order valence-electron chi connectivity index (χ0n) is 23.3. The number of rotatable bonds is 13. The van der Waals surface area contributed by atoms with Gasteiger partial charge in [0.2, 0.25) is 11.8 Å². The zero-order valence-corrected chi connectivity index (χ0v) is 24.1. The molecule has 0 aliphatic carbocycles. The fourth-order valence-electron chi connectivity index (χ4n) is 4.02. The largest absolute Gasteiger partial charge is 0.497 e. The molecule has 1 N–H and O–H groups in total. The number of carbonyl (C=O) groups is 2. The van der Waals surface area contributed by atoms with Crippen LogP contribution in [-0.2, 0) is 26.2 Å². The minimum absolute atomic E-state index is 0.0686. The van der Waals surface area contributed by atoms with Gasteiger partial charge in [-0.1, -0.05) is 43.2 Å². The number of sulfonamides is 1. The van der Waals surface area contributed by atoms with E-state index >= 15 is 0 Å². The van der Waals surface area contributed by atoms with Crippen molar-refractivity contribution in [1.82, 2.24) is 10.2 Å². The lowest BCUT2D eigenvalue weighted by Gasteiger charge is -2.32. The number of halogens is 1. The van der Waals surface area contributed by atoms with E-state index in [1.807, 2.05) is 38.1 Å². The molecule has 0 radical (unpaired) electrons. The molecular formula is C30H36FN3O5S. The van der Waals surface area contributed by atoms with Crippen LogP contribution in [0.4, 0.5) is 10.1 Å². The van der Waals surface area contributed by atoms with Crippen molar-refractivity contribution in [3.8, 4) is 5.75 Å². The number of hydrogen-bond acceptors (Lipinski definition) is 5. The first-order valence-electron chi connectivity index (χ1n) is 13.1. The summed E-state index contributed by atoms with van der Waals surface area (Å²) in [4.78, 5) is 28.2. The van der Waals surface area contributed by atoms with E-state index in [0.29, 0.717) is 12.3 Å². The van der Waals surface area contributed by atoms with E-state index in [0.717, 1.165) is 40.4 Å². The second kappa shape index (κ2) is 13.9. The number of nitrogens with one attached hydrogen (secondary N) is 1. The lowest BCUT2D eigenvalue weighted by molar-refractivity contribution is -0.139. The molecule has 0 bridgehead atoms. The van der Waals surface area contributed by atoms with Crippen LogP contribution < -0.4 is 14.4 Å². The molecule has 0 saturated carbocycles. The summed E-state index contributed by atoms with van der Waals surface area (Å²) in [7, 11) is -2.79. The van der Waals surface area contributed by atoms with Gasteiger partial charge in [-0.15, -0.1) is 0 Å². The van der Waals surface area contributed by atoms with E-state index in [9.17, 15) is 22.4 Å². The number of ether oxygens (including phenoxy) is 1. The second-order valence-corrected chi connectivity index (χ2v) is 11.4. The van der Waals surface area contributed by atoms with Crippen LogP contribution >= 0.6 is 0 Å². The number of hydrogen-bond donors (Lipinski definition) is 1. The molecule has 1 unspecified atom stereocenters. The number of methoxy groups -OCH3 is 1. The molecule has 0 aromatic heterocycles. The molecule has 8 nitrogen and oxygen atoms in total. The van der Waals surface area contributed by atoms with Crippen molar-refractivity contribution in [3.63, 3.8) is 0 Å². The summed E-state index contributed by atoms with van der Waals surface area (Å²) in [5, 5.41) is 2.85. The SMILES string of the molecule is CCCCNC(=O)C(C)N(Cc1ccc(C)cc1)C(=O)CN(c1ccc(F)cc1)S(=O)(=O)c1ccc(OC)cc1. The maximum atomic E-state index is 13.9. The highest BCUT2D eigenvalue weighted by molar-refractivity contribution is 7.92. The minimum Gasteiger partial charge on any atom is -0.497 e. The highest BCUT2D eigenvalue weighted by atomic mass is 32.2. The number of unbranched alkanes of at least 4 members (excludes halogenated alkanes) is 1. The third kappa shape index (κ3) is 7.81. The maximum absolute atomic E-state index is 13.9. The van der Waals surface area contributed by atoms with Gasteiger partial charge in [0.1, 0.15) is 24.2 Å². The fraction of sp³-hybridized carbons (Fsp3) is 0.333. The molecule has 3 aromatic rings. The Morgan fingerprint density at radius 3 is 2.17 bits per heavy atom. The quantitative estimate of drug-likeness (QED) is 0.302. The Bertz CT molecular complexity index is 1380. The van der Waals surface area contributed by atoms with Crippen molar-refractivity contribution in [2.45, 2.75) is 51.1 Å². The van der Waals surface area contributed by atoms with Crippen LogP contribution in [0.3, 0.4) is 0 Å². The fourth-order valence-corrected chi connectivity index (χ4v) is 5.43. The highest BCUT2D eigenvalue weighted by Crippen LogP contribution is 2.26. The van der Waals surface area contributed by atoms with Crippen molar-refractivity contribution >= 4 is 27.5 Å². The molecule has 0 aliphatic heterocycles. The number of nitrogens with zero attached hydrogens (tertiary/aromatic N) is 2. The van der Waals surface area contributed by atoms with E-state index in [2.05, 4.69) is 5.32 Å². The normalized spacial score (nSPS) is 11.9. The molecule has 3 rings (SSSR count). The first kappa shape index (κ1) is 30.6. The predicted molar refractivity (Wildman–Crippen MR) is 153 cm³/mol. The van der Waals surface area contributed by atoms with Crippen molar-refractivity contribution in [1.29, 1.82) is 0 Å². The third-order valence-electron chi connectivity index (χ3n) is 6.51. The van der Waals surface area contributed by atoms with Crippen molar-refractivity contribution < 1.29 is 27.1 Å². The van der Waals surface area contributed by atoms with Crippen LogP contribution in [-0.4, -0.2) is 51.4 Å². The maximum Gasteiger partial charge on any atom is 0.264 e. The van der Waals surface area contributed by atoms with E-state index in [4.69, 9.17) is 4.74 Å². The van der Waals surface area contributed by atoms with E-state index in [-0.39, 0.29) is 23.0 Å². The molecule has 1 atom stereocenters. The van der Waals surface area contributed by atoms with Crippen LogP contribution in [0.1, 0.15) is 37.8 Å². The molecule has 10 heteroatoms. The Hall–Kier alpha value is -3.92. The standard InChI is InChI=1S/C30H36FN3O5S/c1-5-6-19-32-30(36)23(3)33(20-24-9-7-22(2)8-10-24)29(35)21-34(26-13-11-25(31)12-14-26)40(37,38)28-17-15-27(39-4)16-18-28/h7-18,23H,5-6,19-21H2,1-4H3,(H,32,36). The lowest BCUT2D eigenvalue weighted by Crippen LogP contribution is -2.51. The molecule has 0 saturated heterocycles. The van der Waals surface area contributed by atoms with E-state index < -0.39 is 34.3 Å². The van der Waals surface area contributed by atoms with Gasteiger partial charge >= 0.3 is 0 Å². The van der Waals surface area contributed by atoms with Crippen molar-refractivity contribution in [2.24, 2.45) is 0 Å². The van der Waals surface area contributed by atoms with E-state index in [1.165, 1.54) is 48.4 Å². The van der Waals surface area contributed by atoms with Crippen LogP contribution in [0.15, 0.2) is 77.7 Å². The number of benzene rings is 3. The zero-order chi connectivity index (χ0) is 29.3. The monoisotopic (exact) mass is 569 g/mol. The summed E-state index contributed by atoms with van der Waals surface area (Å²) in [6.07, 6.45) is 1.69. The summed E-state index contributed by atoms with van der Waals surface area (Å²) >= 11 is 0. The summed E-state index contributed by atoms with van der Waals surface area (Å²) in [5.41, 5.74) is 1.94. The van der Waals surface area contributed by atoms with Crippen molar-refractivity contribution in [3.05, 3.63) is 89.7 Å². The molecular weight excluding hydrogens is 533 g/mol. The predicted octanol–water partition coefficient (Wildman–Crippen LogP) is 4.67. The summed E-state index contributed by atoms with van der Waals surface area (Å²) in [6, 6.07) is 17.3. The number of carbonyl (C=O) groups excluding carboxylic acids is 2. The van der Waals surface area contributed by atoms with Gasteiger partial charge in [0.05, 0.1) is 17.7 Å². The van der Waals surface area contributed by atoms with Gasteiger partial charge in [-0.2, -0.15) is 0 Å². The number of amides is 2. The molecule has 0 spiro atoms. The average Bonchev–Trinajstić information content (AvgIpc) is 2.95. The molecule has 3 aromatic carbocycles. The van der Waals surface area contributed by atoms with Gasteiger partial charge in [-0.25, -0.2) is 12.8 Å². The first-order valence-corrected chi connectivity index (χ1v) is 14.6. The smallest absolute Gasteiger partial charge is 0.264 e. The van der Waals surface area contributed by atoms with Gasteiger partial charge in [-0.3, -0.25) is 13.9 Å². The van der Waals surface area contributed by atoms with E-state index in [1.54, 1.807) is 6.92 Å². The Labute approximate surface area is 235 Å². The van der Waals surface area contributed by atoms with Crippen LogP contribution in [0.2, 0.25) is 0 Å². The van der Waals surface area contributed by atoms with Gasteiger partial charge in [0, 0.05) is 13.1 Å². The van der Waals surface area contributed by atoms with Crippen LogP contribution in [0.25, 0.3) is 0 Å². The molecule has 0 heterocycles. The Kier molecular flexibility index (Phi) is 10.7. The Morgan fingerprint density at radius 1 is 0.975 bits per heavy atom. The lowest BCUT2D eigenvalue weighted by atomic mass is 10.1. The topological polar surface area (TPSA) is 96.0 Å². The number of aryl methyl sites for hydroxylation is 1. The van der Waals surface area contributed by atoms with Gasteiger partial charge < -0.3 is 15.0 Å². The molecule has 0 aliphatic rings. The minimum atomic E-state index is -4.26. The summed E-state index contributed by atoms with van der Waals surface area (Å²) in [6.45, 7) is 5.55. The third-order valence-corrected chi connectivity index (χ3v) is 8.30. The summed E-state index contributed by atoms with van der Waals surface area (Å²) in [5.74, 6) is -0.994. The highest BCUT2D eigenvalue weighted by Gasteiger charge is 2.32. The number of anilines is 1. The van der Waals surface area contributed by atoms with Crippen LogP contribution in [0, 0.1) is 12.7 Å². The molecule has 214 valence electrons. The summed E-state index contributed by atoms with van der Waals surface area (Å²) < 4.78 is 47.4. The Balaban J connectivity index is 1.99. The first-order chi connectivity index (χ1) is 19.1. The molecule has 0 fully saturated rings. The van der Waals surface area contributed by atoms with Gasteiger partial charge in [0.15, 0.2) is 0 Å². The Morgan fingerprint density at radius 2 is 1.60 bits per heavy atom. The van der Waals surface area contributed by atoms with Crippen molar-refractivity contribution in [2.75, 3.05) is 24.5 Å². The van der Waals surface area contributed by atoms with Gasteiger partial charge in [0.25, 0.3) is 10.0 Å². The van der Waals surface area contributed by atoms with Gasteiger partial charge in [-0.05, 0) is 74.4 Å². The van der Waals surface area contributed by atoms with Crippen LogP contribution in [0.5, 0.6) is 5.75 Å². The average molecular weight is 570 g/mol. The molecule has 2 amide bonds. The second-order valence-electron chi connectivity index (χ2n) is 9.49.